The molecular formula is C29H36F3N3O4. The molecule has 2 heterocycles. The number of aromatic amines is 1. The first-order chi connectivity index (χ1) is 18.5. The molecule has 4 rings (SSSR count). The Morgan fingerprint density at radius 1 is 1.05 bits per heavy atom. The molecule has 2 aromatic carbocycles. The molecule has 1 amide bonds. The van der Waals surface area contributed by atoms with Gasteiger partial charge in [-0.15, -0.1) is 0 Å². The van der Waals surface area contributed by atoms with Gasteiger partial charge in [-0.3, -0.25) is 9.69 Å². The van der Waals surface area contributed by atoms with Crippen LogP contribution in [0.25, 0.3) is 10.9 Å². The molecule has 1 saturated heterocycles. The summed E-state index contributed by atoms with van der Waals surface area (Å²) < 4.78 is 31.7. The van der Waals surface area contributed by atoms with Crippen molar-refractivity contribution in [2.75, 3.05) is 32.8 Å². The van der Waals surface area contributed by atoms with Crippen LogP contribution in [0.3, 0.4) is 0 Å². The van der Waals surface area contributed by atoms with E-state index in [9.17, 15) is 23.1 Å². The van der Waals surface area contributed by atoms with Crippen molar-refractivity contribution in [1.82, 2.24) is 14.8 Å². The van der Waals surface area contributed by atoms with Crippen molar-refractivity contribution in [3.63, 3.8) is 0 Å². The molecule has 3 aromatic rings. The number of H-pyrrole nitrogens is 1. The number of likely N-dealkylation sites (tertiary alicyclic amines) is 1. The molecule has 7 nitrogen and oxygen atoms in total. The van der Waals surface area contributed by atoms with E-state index in [0.717, 1.165) is 48.9 Å². The number of benzene rings is 2. The lowest BCUT2D eigenvalue weighted by atomic mass is 9.84. The number of aliphatic hydroxyl groups is 1. The molecule has 0 radical (unpaired) electrons. The van der Waals surface area contributed by atoms with Gasteiger partial charge in [0, 0.05) is 36.1 Å². The van der Waals surface area contributed by atoms with Crippen LogP contribution in [0.15, 0.2) is 42.5 Å². The number of aromatic nitrogens is 1. The number of piperidine rings is 1. The van der Waals surface area contributed by atoms with E-state index in [4.69, 9.17) is 9.90 Å². The highest BCUT2D eigenvalue weighted by Crippen LogP contribution is 2.34. The van der Waals surface area contributed by atoms with E-state index in [2.05, 4.69) is 48.0 Å². The summed E-state index contributed by atoms with van der Waals surface area (Å²) in [6, 6.07) is 14.8. The highest BCUT2D eigenvalue weighted by atomic mass is 19.4. The van der Waals surface area contributed by atoms with Crippen LogP contribution < -0.4 is 0 Å². The normalized spacial score (nSPS) is 14.6. The minimum atomic E-state index is -5.08. The van der Waals surface area contributed by atoms with Gasteiger partial charge in [-0.2, -0.15) is 13.2 Å². The smallest absolute Gasteiger partial charge is 0.475 e. The topological polar surface area (TPSA) is 96.9 Å². The third-order valence-electron chi connectivity index (χ3n) is 7.23. The Bertz CT molecular complexity index is 1260. The van der Waals surface area contributed by atoms with E-state index in [1.165, 1.54) is 16.7 Å². The Hall–Kier alpha value is -3.37. The van der Waals surface area contributed by atoms with Gasteiger partial charge in [-0.25, -0.2) is 4.79 Å². The third-order valence-corrected chi connectivity index (χ3v) is 7.23. The van der Waals surface area contributed by atoms with E-state index in [1.54, 1.807) is 4.90 Å². The molecule has 10 heteroatoms. The molecule has 0 atom stereocenters. The number of carbonyl (C=O) groups excluding carboxylic acids is 1. The summed E-state index contributed by atoms with van der Waals surface area (Å²) in [5.41, 5.74) is 7.06. The Kier molecular flexibility index (Phi) is 10.2. The highest BCUT2D eigenvalue weighted by Gasteiger charge is 2.38. The maximum atomic E-state index is 13.3. The second-order valence-electron chi connectivity index (χ2n) is 9.79. The number of alkyl halides is 3. The second-order valence-corrected chi connectivity index (χ2v) is 9.79. The second kappa shape index (κ2) is 13.1. The molecule has 39 heavy (non-hydrogen) atoms. The van der Waals surface area contributed by atoms with Gasteiger partial charge in [0.25, 0.3) is 5.91 Å². The van der Waals surface area contributed by atoms with Crippen molar-refractivity contribution in [2.24, 2.45) is 0 Å². The first-order valence-electron chi connectivity index (χ1n) is 13.1. The maximum Gasteiger partial charge on any atom is 0.490 e. The molecule has 212 valence electrons. The Labute approximate surface area is 226 Å². The fourth-order valence-corrected chi connectivity index (χ4v) is 5.30. The fraction of sp³-hybridized carbons (Fsp3) is 0.448. The lowest BCUT2D eigenvalue weighted by molar-refractivity contribution is -0.192. The molecule has 0 unspecified atom stereocenters. The lowest BCUT2D eigenvalue weighted by Crippen LogP contribution is -2.36. The standard InChI is InChI=1S/C27H35N3O2.C2HF3O2/c1-4-30(16-17-31)27(32)26-23(22-10-5-6-11-24(22)28-26)18-29-14-12-21(13-15-29)25-19(2)8-7-9-20(25)3;3-2(4,5)1(6)7/h5-11,21,28,31H,4,12-18H2,1-3H3;(H,6,7). The number of likely N-dealkylation sites (N-methyl/N-ethyl adjacent to an activating group) is 1. The number of nitrogens with zero attached hydrogens (tertiary/aromatic N) is 2. The summed E-state index contributed by atoms with van der Waals surface area (Å²) in [7, 11) is 0. The number of rotatable bonds is 7. The number of fused-ring (bicyclic) bond motifs is 1. The van der Waals surface area contributed by atoms with E-state index in [-0.39, 0.29) is 12.5 Å². The van der Waals surface area contributed by atoms with E-state index in [0.29, 0.717) is 24.7 Å². The van der Waals surface area contributed by atoms with E-state index in [1.807, 2.05) is 25.1 Å². The van der Waals surface area contributed by atoms with Crippen LogP contribution in [0.2, 0.25) is 0 Å². The average molecular weight is 548 g/mol. The summed E-state index contributed by atoms with van der Waals surface area (Å²) in [4.78, 5) is 29.7. The molecular weight excluding hydrogens is 511 g/mol. The Morgan fingerprint density at radius 3 is 2.18 bits per heavy atom. The number of carbonyl (C=O) groups is 2. The molecule has 0 aliphatic carbocycles. The third kappa shape index (κ3) is 7.39. The average Bonchev–Trinajstić information content (AvgIpc) is 3.26. The number of hydrogen-bond donors (Lipinski definition) is 3. The van der Waals surface area contributed by atoms with Crippen molar-refractivity contribution in [1.29, 1.82) is 0 Å². The summed E-state index contributed by atoms with van der Waals surface area (Å²) >= 11 is 0. The number of halogens is 3. The molecule has 0 spiro atoms. The molecule has 0 bridgehead atoms. The van der Waals surface area contributed by atoms with E-state index < -0.39 is 12.1 Å². The first kappa shape index (κ1) is 30.2. The quantitative estimate of drug-likeness (QED) is 0.375. The number of aliphatic hydroxyl groups excluding tert-OH is 1. The van der Waals surface area contributed by atoms with Crippen LogP contribution >= 0.6 is 0 Å². The maximum absolute atomic E-state index is 13.3. The summed E-state index contributed by atoms with van der Waals surface area (Å²) in [6.45, 7) is 10.1. The number of aryl methyl sites for hydroxylation is 2. The number of nitrogens with one attached hydrogen (secondary N) is 1. The minimum Gasteiger partial charge on any atom is -0.475 e. The first-order valence-corrected chi connectivity index (χ1v) is 13.1. The molecule has 1 aliphatic rings. The van der Waals surface area contributed by atoms with Crippen LogP contribution in [0.1, 0.15) is 58.4 Å². The van der Waals surface area contributed by atoms with Crippen molar-refractivity contribution in [3.8, 4) is 0 Å². The van der Waals surface area contributed by atoms with Gasteiger partial charge in [0.05, 0.1) is 6.61 Å². The van der Waals surface area contributed by atoms with Gasteiger partial charge in [-0.05, 0) is 75.4 Å². The predicted molar refractivity (Wildman–Crippen MR) is 144 cm³/mol. The van der Waals surface area contributed by atoms with Crippen molar-refractivity contribution in [2.45, 2.75) is 52.3 Å². The van der Waals surface area contributed by atoms with Gasteiger partial charge >= 0.3 is 12.1 Å². The summed E-state index contributed by atoms with van der Waals surface area (Å²) in [5, 5.41) is 17.6. The van der Waals surface area contributed by atoms with Crippen LogP contribution in [0.5, 0.6) is 0 Å². The molecule has 1 aromatic heterocycles. The van der Waals surface area contributed by atoms with Gasteiger partial charge < -0.3 is 20.1 Å². The van der Waals surface area contributed by atoms with Gasteiger partial charge in [0.1, 0.15) is 5.69 Å². The summed E-state index contributed by atoms with van der Waals surface area (Å²) in [5.74, 6) is -2.18. The number of para-hydroxylation sites is 1. The number of amides is 1. The van der Waals surface area contributed by atoms with Gasteiger partial charge in [0.15, 0.2) is 0 Å². The number of aliphatic carboxylic acids is 1. The number of hydrogen-bond acceptors (Lipinski definition) is 4. The Balaban J connectivity index is 0.000000532. The predicted octanol–water partition coefficient (Wildman–Crippen LogP) is 5.25. The van der Waals surface area contributed by atoms with Crippen molar-refractivity contribution in [3.05, 3.63) is 70.4 Å². The SMILES string of the molecule is CCN(CCO)C(=O)c1[nH]c2ccccc2c1CN1CCC(c2c(C)cccc2C)CC1.O=C(O)C(F)(F)F. The molecule has 1 fully saturated rings. The van der Waals surface area contributed by atoms with Gasteiger partial charge in [-0.1, -0.05) is 36.4 Å². The van der Waals surface area contributed by atoms with Crippen molar-refractivity contribution < 1.29 is 33.0 Å². The zero-order chi connectivity index (χ0) is 28.7. The summed E-state index contributed by atoms with van der Waals surface area (Å²) in [6.07, 6.45) is -2.80. The molecule has 1 aliphatic heterocycles. The highest BCUT2D eigenvalue weighted by molar-refractivity contribution is 6.01. The van der Waals surface area contributed by atoms with Crippen LogP contribution in [-0.2, 0) is 11.3 Å². The van der Waals surface area contributed by atoms with E-state index >= 15 is 0 Å². The fourth-order valence-electron chi connectivity index (χ4n) is 5.30. The molecule has 0 saturated carbocycles. The monoisotopic (exact) mass is 547 g/mol. The van der Waals surface area contributed by atoms with Crippen molar-refractivity contribution >= 4 is 22.8 Å². The number of carboxylic acid groups (broad SMARTS) is 1. The minimum absolute atomic E-state index is 0.0268. The largest absolute Gasteiger partial charge is 0.490 e. The van der Waals surface area contributed by atoms with Crippen LogP contribution in [0, 0.1) is 13.8 Å². The van der Waals surface area contributed by atoms with Gasteiger partial charge in [0.2, 0.25) is 0 Å². The Morgan fingerprint density at radius 2 is 1.64 bits per heavy atom. The van der Waals surface area contributed by atoms with Crippen LogP contribution in [-0.4, -0.2) is 75.8 Å². The zero-order valence-electron chi connectivity index (χ0n) is 22.5. The van der Waals surface area contributed by atoms with Crippen LogP contribution in [0.4, 0.5) is 13.2 Å². The lowest BCUT2D eigenvalue weighted by Gasteiger charge is -2.33. The molecule has 3 N–H and O–H groups in total. The number of carboxylic acids is 1. The zero-order valence-corrected chi connectivity index (χ0v) is 22.5.